The lowest BCUT2D eigenvalue weighted by molar-refractivity contribution is 0.562. The van der Waals surface area contributed by atoms with Gasteiger partial charge in [0.05, 0.1) is 11.3 Å². The lowest BCUT2D eigenvalue weighted by atomic mass is 9.93. The monoisotopic (exact) mass is 276 g/mol. The third-order valence-corrected chi connectivity index (χ3v) is 3.11. The minimum absolute atomic E-state index is 0.0105. The summed E-state index contributed by atoms with van der Waals surface area (Å²) < 4.78 is 1.79. The highest BCUT2D eigenvalue weighted by molar-refractivity contribution is 5.45. The van der Waals surface area contributed by atoms with Crippen LogP contribution in [0.4, 0.5) is 0 Å². The molecule has 0 N–H and O–H groups in total. The second-order valence-corrected chi connectivity index (χ2v) is 5.91. The van der Waals surface area contributed by atoms with E-state index < -0.39 is 0 Å². The maximum absolute atomic E-state index is 4.58. The van der Waals surface area contributed by atoms with Crippen molar-refractivity contribution in [2.45, 2.75) is 26.2 Å². The van der Waals surface area contributed by atoms with Crippen LogP contribution in [0.5, 0.6) is 0 Å². The molecule has 0 radical (unpaired) electrons. The van der Waals surface area contributed by atoms with Crippen LogP contribution in [0.15, 0.2) is 43.0 Å². The topological polar surface area (TPSA) is 43.1 Å². The molecule has 3 aromatic heterocycles. The van der Waals surface area contributed by atoms with E-state index in [1.54, 1.807) is 23.1 Å². The Bertz CT molecular complexity index is 830. The molecule has 3 aromatic rings. The van der Waals surface area contributed by atoms with Crippen LogP contribution in [0, 0.1) is 11.8 Å². The van der Waals surface area contributed by atoms with Crippen molar-refractivity contribution in [2.75, 3.05) is 0 Å². The molecule has 0 atom stereocenters. The fourth-order valence-corrected chi connectivity index (χ4v) is 1.89. The molecule has 0 fully saturated rings. The number of hydrogen-bond donors (Lipinski definition) is 0. The Balaban J connectivity index is 1.97. The molecule has 0 saturated carbocycles. The van der Waals surface area contributed by atoms with E-state index in [0.29, 0.717) is 0 Å². The van der Waals surface area contributed by atoms with Crippen LogP contribution >= 0.6 is 0 Å². The van der Waals surface area contributed by atoms with Crippen molar-refractivity contribution in [1.82, 2.24) is 19.6 Å². The Hall–Kier alpha value is -2.67. The first-order valence-electron chi connectivity index (χ1n) is 6.80. The van der Waals surface area contributed by atoms with Gasteiger partial charge < -0.3 is 0 Å². The summed E-state index contributed by atoms with van der Waals surface area (Å²) in [6.45, 7) is 6.41. The molecule has 0 unspecified atom stereocenters. The zero-order valence-corrected chi connectivity index (χ0v) is 12.3. The van der Waals surface area contributed by atoms with E-state index in [-0.39, 0.29) is 5.41 Å². The highest BCUT2D eigenvalue weighted by Gasteiger charge is 2.17. The van der Waals surface area contributed by atoms with Crippen LogP contribution in [-0.4, -0.2) is 19.6 Å². The molecule has 0 aromatic carbocycles. The van der Waals surface area contributed by atoms with Crippen molar-refractivity contribution in [3.05, 3.63) is 59.8 Å². The minimum Gasteiger partial charge on any atom is -0.265 e. The van der Waals surface area contributed by atoms with E-state index in [9.17, 15) is 0 Å². The van der Waals surface area contributed by atoms with Crippen molar-refractivity contribution in [3.63, 3.8) is 0 Å². The van der Waals surface area contributed by atoms with Gasteiger partial charge in [0.2, 0.25) is 0 Å². The van der Waals surface area contributed by atoms with Gasteiger partial charge in [0, 0.05) is 41.8 Å². The summed E-state index contributed by atoms with van der Waals surface area (Å²) in [6.07, 6.45) is 7.15. The number of nitrogens with zero attached hydrogens (tertiary/aromatic N) is 4. The molecule has 0 bridgehead atoms. The van der Waals surface area contributed by atoms with E-state index in [1.807, 2.05) is 24.4 Å². The minimum atomic E-state index is 0.0105. The Morgan fingerprint density at radius 3 is 2.48 bits per heavy atom. The molecule has 0 amide bonds. The highest BCUT2D eigenvalue weighted by Crippen LogP contribution is 2.21. The van der Waals surface area contributed by atoms with Gasteiger partial charge in [-0.25, -0.2) is 9.50 Å². The molecular formula is C17H16N4. The molecule has 0 aliphatic heterocycles. The molecule has 0 spiro atoms. The molecule has 3 rings (SSSR count). The average molecular weight is 276 g/mol. The van der Waals surface area contributed by atoms with Crippen LogP contribution in [0.25, 0.3) is 5.65 Å². The summed E-state index contributed by atoms with van der Waals surface area (Å²) in [5, 5.41) is 4.58. The lowest BCUT2D eigenvalue weighted by Crippen LogP contribution is -2.11. The largest absolute Gasteiger partial charge is 0.265 e. The summed E-state index contributed by atoms with van der Waals surface area (Å²) in [4.78, 5) is 8.39. The summed E-state index contributed by atoms with van der Waals surface area (Å²) >= 11 is 0. The molecule has 0 saturated heterocycles. The average Bonchev–Trinajstić information content (AvgIpc) is 2.89. The molecular weight excluding hydrogens is 260 g/mol. The first-order chi connectivity index (χ1) is 10.0. The first-order valence-corrected chi connectivity index (χ1v) is 6.80. The second-order valence-electron chi connectivity index (χ2n) is 5.91. The molecule has 4 nitrogen and oxygen atoms in total. The van der Waals surface area contributed by atoms with Crippen molar-refractivity contribution < 1.29 is 0 Å². The maximum Gasteiger partial charge on any atom is 0.155 e. The van der Waals surface area contributed by atoms with E-state index in [4.69, 9.17) is 0 Å². The normalized spacial score (nSPS) is 11.2. The van der Waals surface area contributed by atoms with Crippen LogP contribution in [0.2, 0.25) is 0 Å². The Morgan fingerprint density at radius 1 is 1.05 bits per heavy atom. The van der Waals surface area contributed by atoms with Gasteiger partial charge in [-0.3, -0.25) is 4.98 Å². The Labute approximate surface area is 123 Å². The lowest BCUT2D eigenvalue weighted by Gasteiger charge is -2.13. The molecule has 4 heteroatoms. The SMILES string of the molecule is CC(C)(C)c1cc2ncc(C#Cc3ccncc3)cn2n1. The highest BCUT2D eigenvalue weighted by atomic mass is 15.2. The van der Waals surface area contributed by atoms with Crippen molar-refractivity contribution in [1.29, 1.82) is 0 Å². The number of rotatable bonds is 0. The Kier molecular flexibility index (Phi) is 3.19. The van der Waals surface area contributed by atoms with Crippen LogP contribution in [0.1, 0.15) is 37.6 Å². The predicted molar refractivity (Wildman–Crippen MR) is 81.9 cm³/mol. The smallest absolute Gasteiger partial charge is 0.155 e. The van der Waals surface area contributed by atoms with E-state index in [1.165, 1.54) is 0 Å². The number of fused-ring (bicyclic) bond motifs is 1. The van der Waals surface area contributed by atoms with Crippen molar-refractivity contribution in [2.24, 2.45) is 0 Å². The van der Waals surface area contributed by atoms with Crippen molar-refractivity contribution >= 4 is 5.65 Å². The fourth-order valence-electron chi connectivity index (χ4n) is 1.89. The van der Waals surface area contributed by atoms with Gasteiger partial charge in [0.15, 0.2) is 5.65 Å². The van der Waals surface area contributed by atoms with Gasteiger partial charge in [-0.15, -0.1) is 0 Å². The molecule has 0 aliphatic rings. The van der Waals surface area contributed by atoms with E-state index >= 15 is 0 Å². The molecule has 0 aliphatic carbocycles. The van der Waals surface area contributed by atoms with Crippen LogP contribution in [0.3, 0.4) is 0 Å². The third kappa shape index (κ3) is 2.92. The summed E-state index contributed by atoms with van der Waals surface area (Å²) in [5.41, 5.74) is 3.64. The number of pyridine rings is 1. The van der Waals surface area contributed by atoms with E-state index in [2.05, 4.69) is 47.7 Å². The molecule has 3 heterocycles. The zero-order chi connectivity index (χ0) is 14.9. The third-order valence-electron chi connectivity index (χ3n) is 3.11. The molecule has 104 valence electrons. The van der Waals surface area contributed by atoms with Gasteiger partial charge in [0.1, 0.15) is 0 Å². The van der Waals surface area contributed by atoms with Gasteiger partial charge in [-0.05, 0) is 12.1 Å². The van der Waals surface area contributed by atoms with Crippen LogP contribution in [-0.2, 0) is 5.41 Å². The Morgan fingerprint density at radius 2 is 1.76 bits per heavy atom. The zero-order valence-electron chi connectivity index (χ0n) is 12.3. The van der Waals surface area contributed by atoms with Gasteiger partial charge >= 0.3 is 0 Å². The van der Waals surface area contributed by atoms with Gasteiger partial charge in [-0.1, -0.05) is 32.6 Å². The summed E-state index contributed by atoms with van der Waals surface area (Å²) in [6, 6.07) is 5.77. The standard InChI is InChI=1S/C17H16N4/c1-17(2,3)15-10-16-19-11-14(12-21(16)20-15)5-4-13-6-8-18-9-7-13/h6-12H,1-3H3. The van der Waals surface area contributed by atoms with Crippen molar-refractivity contribution in [3.8, 4) is 11.8 Å². The maximum atomic E-state index is 4.58. The van der Waals surface area contributed by atoms with Crippen LogP contribution < -0.4 is 0 Å². The van der Waals surface area contributed by atoms with Gasteiger partial charge in [-0.2, -0.15) is 5.10 Å². The molecule has 21 heavy (non-hydrogen) atoms. The number of aromatic nitrogens is 4. The van der Waals surface area contributed by atoms with Gasteiger partial charge in [0.25, 0.3) is 0 Å². The quantitative estimate of drug-likeness (QED) is 0.593. The fraction of sp³-hybridized carbons (Fsp3) is 0.235. The summed E-state index contributed by atoms with van der Waals surface area (Å²) in [7, 11) is 0. The first kappa shape index (κ1) is 13.3. The predicted octanol–water partition coefficient (Wildman–Crippen LogP) is 2.82. The number of hydrogen-bond acceptors (Lipinski definition) is 3. The second kappa shape index (κ2) is 5.02. The summed E-state index contributed by atoms with van der Waals surface area (Å²) in [5.74, 6) is 6.19. The van der Waals surface area contributed by atoms with E-state index in [0.717, 1.165) is 22.5 Å².